The van der Waals surface area contributed by atoms with Crippen molar-refractivity contribution in [3.63, 3.8) is 0 Å². The number of carbonyl (C=O) groups is 1. The van der Waals surface area contributed by atoms with Crippen LogP contribution < -0.4 is 5.32 Å². The molecule has 0 aromatic heterocycles. The summed E-state index contributed by atoms with van der Waals surface area (Å²) in [6.07, 6.45) is 3.06. The molecule has 2 atom stereocenters. The van der Waals surface area contributed by atoms with Crippen molar-refractivity contribution < 1.29 is 9.53 Å². The Bertz CT molecular complexity index is 264. The number of esters is 1. The molecule has 1 aliphatic heterocycles. The molecule has 0 bridgehead atoms. The molecule has 0 spiro atoms. The fourth-order valence-electron chi connectivity index (χ4n) is 3.15. The molecule has 4 nitrogen and oxygen atoms in total. The summed E-state index contributed by atoms with van der Waals surface area (Å²) < 4.78 is 5.04. The molecular weight excluding hydrogens is 204 g/mol. The third kappa shape index (κ3) is 1.96. The molecule has 1 saturated carbocycles. The number of hydrogen-bond donors (Lipinski definition) is 1. The van der Waals surface area contributed by atoms with Gasteiger partial charge in [-0.3, -0.25) is 9.69 Å². The number of nitrogens with zero attached hydrogens (tertiary/aromatic N) is 1. The van der Waals surface area contributed by atoms with Crippen LogP contribution >= 0.6 is 0 Å². The Balaban J connectivity index is 2.16. The zero-order chi connectivity index (χ0) is 11.6. The first kappa shape index (κ1) is 11.9. The van der Waals surface area contributed by atoms with Gasteiger partial charge in [0.15, 0.2) is 0 Å². The molecule has 2 fully saturated rings. The fraction of sp³-hybridized carbons (Fsp3) is 0.917. The van der Waals surface area contributed by atoms with E-state index in [9.17, 15) is 4.79 Å². The maximum absolute atomic E-state index is 12.1. The van der Waals surface area contributed by atoms with Crippen molar-refractivity contribution in [2.24, 2.45) is 5.92 Å². The summed E-state index contributed by atoms with van der Waals surface area (Å²) in [5.41, 5.74) is -0.323. The first-order chi connectivity index (χ1) is 7.69. The monoisotopic (exact) mass is 226 g/mol. The quantitative estimate of drug-likeness (QED) is 0.701. The molecule has 0 radical (unpaired) electrons. The molecule has 4 heteroatoms. The smallest absolute Gasteiger partial charge is 0.326 e. The van der Waals surface area contributed by atoms with Gasteiger partial charge in [-0.05, 0) is 25.2 Å². The first-order valence-electron chi connectivity index (χ1n) is 6.23. The van der Waals surface area contributed by atoms with Gasteiger partial charge in [-0.15, -0.1) is 0 Å². The van der Waals surface area contributed by atoms with Crippen LogP contribution in [0.4, 0.5) is 0 Å². The predicted molar refractivity (Wildman–Crippen MR) is 62.2 cm³/mol. The van der Waals surface area contributed by atoms with Gasteiger partial charge in [-0.25, -0.2) is 0 Å². The van der Waals surface area contributed by atoms with Gasteiger partial charge >= 0.3 is 5.97 Å². The SMILES string of the molecule is COC(=O)C1(N2CCNCC2)CCC(C)C1. The summed E-state index contributed by atoms with van der Waals surface area (Å²) in [6.45, 7) is 6.11. The van der Waals surface area contributed by atoms with Gasteiger partial charge in [0.05, 0.1) is 7.11 Å². The van der Waals surface area contributed by atoms with E-state index < -0.39 is 0 Å². The van der Waals surface area contributed by atoms with Crippen molar-refractivity contribution in [1.29, 1.82) is 0 Å². The number of rotatable bonds is 2. The largest absolute Gasteiger partial charge is 0.468 e. The van der Waals surface area contributed by atoms with Crippen molar-refractivity contribution in [2.45, 2.75) is 31.7 Å². The average molecular weight is 226 g/mol. The third-order valence-corrected chi connectivity index (χ3v) is 4.02. The van der Waals surface area contributed by atoms with Crippen LogP contribution in [-0.2, 0) is 9.53 Å². The number of hydrogen-bond acceptors (Lipinski definition) is 4. The number of carbonyl (C=O) groups excluding carboxylic acids is 1. The van der Waals surface area contributed by atoms with Gasteiger partial charge in [-0.1, -0.05) is 6.92 Å². The number of methoxy groups -OCH3 is 1. The van der Waals surface area contributed by atoms with E-state index >= 15 is 0 Å². The van der Waals surface area contributed by atoms with E-state index in [1.54, 1.807) is 0 Å². The van der Waals surface area contributed by atoms with Gasteiger partial charge in [0.1, 0.15) is 5.54 Å². The predicted octanol–water partition coefficient (Wildman–Crippen LogP) is 0.623. The molecule has 16 heavy (non-hydrogen) atoms. The third-order valence-electron chi connectivity index (χ3n) is 4.02. The Morgan fingerprint density at radius 3 is 2.62 bits per heavy atom. The molecule has 1 aliphatic carbocycles. The van der Waals surface area contributed by atoms with Crippen LogP contribution in [0.25, 0.3) is 0 Å². The highest BCUT2D eigenvalue weighted by molar-refractivity contribution is 5.81. The highest BCUT2D eigenvalue weighted by Crippen LogP contribution is 2.39. The Hall–Kier alpha value is -0.610. The molecule has 2 rings (SSSR count). The van der Waals surface area contributed by atoms with Crippen molar-refractivity contribution in [3.05, 3.63) is 0 Å². The van der Waals surface area contributed by atoms with Crippen LogP contribution in [0, 0.1) is 5.92 Å². The maximum atomic E-state index is 12.1. The second-order valence-corrected chi connectivity index (χ2v) is 5.11. The van der Waals surface area contributed by atoms with E-state index in [0.717, 1.165) is 45.4 Å². The average Bonchev–Trinajstić information content (AvgIpc) is 2.73. The zero-order valence-electron chi connectivity index (χ0n) is 10.3. The lowest BCUT2D eigenvalue weighted by molar-refractivity contribution is -0.156. The van der Waals surface area contributed by atoms with Crippen LogP contribution in [0.3, 0.4) is 0 Å². The van der Waals surface area contributed by atoms with Crippen LogP contribution in [0.2, 0.25) is 0 Å². The molecule has 2 aliphatic rings. The van der Waals surface area contributed by atoms with Gasteiger partial charge in [0, 0.05) is 26.2 Å². The van der Waals surface area contributed by atoms with Crippen molar-refractivity contribution in [1.82, 2.24) is 10.2 Å². The number of nitrogens with one attached hydrogen (secondary N) is 1. The summed E-state index contributed by atoms with van der Waals surface area (Å²) in [6, 6.07) is 0. The van der Waals surface area contributed by atoms with Gasteiger partial charge in [0.2, 0.25) is 0 Å². The Morgan fingerprint density at radius 2 is 2.12 bits per heavy atom. The molecule has 92 valence electrons. The molecule has 1 saturated heterocycles. The lowest BCUT2D eigenvalue weighted by atomic mass is 9.93. The van der Waals surface area contributed by atoms with Crippen LogP contribution in [0.15, 0.2) is 0 Å². The Kier molecular flexibility index (Phi) is 3.50. The van der Waals surface area contributed by atoms with E-state index in [2.05, 4.69) is 17.1 Å². The first-order valence-corrected chi connectivity index (χ1v) is 6.23. The van der Waals surface area contributed by atoms with E-state index in [1.165, 1.54) is 7.11 Å². The van der Waals surface area contributed by atoms with Gasteiger partial charge in [0.25, 0.3) is 0 Å². The lowest BCUT2D eigenvalue weighted by Gasteiger charge is -2.41. The minimum absolute atomic E-state index is 0.0289. The minimum atomic E-state index is -0.323. The van der Waals surface area contributed by atoms with Crippen molar-refractivity contribution >= 4 is 5.97 Å². The van der Waals surface area contributed by atoms with Crippen molar-refractivity contribution in [2.75, 3.05) is 33.3 Å². The standard InChI is InChI=1S/C12H22N2O2/c1-10-3-4-12(9-10,11(15)16-2)14-7-5-13-6-8-14/h10,13H,3-9H2,1-2H3. The second-order valence-electron chi connectivity index (χ2n) is 5.11. The summed E-state index contributed by atoms with van der Waals surface area (Å²) in [5.74, 6) is 0.604. The van der Waals surface area contributed by atoms with E-state index in [4.69, 9.17) is 4.74 Å². The van der Waals surface area contributed by atoms with Gasteiger partial charge < -0.3 is 10.1 Å². The molecule has 0 amide bonds. The topological polar surface area (TPSA) is 41.6 Å². The number of ether oxygens (including phenoxy) is 1. The molecule has 2 unspecified atom stereocenters. The summed E-state index contributed by atoms with van der Waals surface area (Å²) in [5, 5.41) is 3.33. The van der Waals surface area contributed by atoms with E-state index in [-0.39, 0.29) is 11.5 Å². The molecule has 0 aromatic rings. The van der Waals surface area contributed by atoms with E-state index in [1.807, 2.05) is 0 Å². The lowest BCUT2D eigenvalue weighted by Crippen LogP contribution is -2.59. The number of piperazine rings is 1. The molecule has 1 heterocycles. The maximum Gasteiger partial charge on any atom is 0.326 e. The van der Waals surface area contributed by atoms with Crippen LogP contribution in [0.1, 0.15) is 26.2 Å². The summed E-state index contributed by atoms with van der Waals surface area (Å²) in [7, 11) is 1.51. The van der Waals surface area contributed by atoms with E-state index in [0.29, 0.717) is 5.92 Å². The Morgan fingerprint density at radius 1 is 1.44 bits per heavy atom. The normalized spacial score (nSPS) is 36.2. The highest BCUT2D eigenvalue weighted by Gasteiger charge is 2.49. The summed E-state index contributed by atoms with van der Waals surface area (Å²) in [4.78, 5) is 14.4. The minimum Gasteiger partial charge on any atom is -0.468 e. The highest BCUT2D eigenvalue weighted by atomic mass is 16.5. The van der Waals surface area contributed by atoms with Crippen LogP contribution in [-0.4, -0.2) is 49.7 Å². The zero-order valence-corrected chi connectivity index (χ0v) is 10.3. The Labute approximate surface area is 97.3 Å². The van der Waals surface area contributed by atoms with Crippen molar-refractivity contribution in [3.8, 4) is 0 Å². The van der Waals surface area contributed by atoms with Gasteiger partial charge in [-0.2, -0.15) is 0 Å². The summed E-state index contributed by atoms with van der Waals surface area (Å²) >= 11 is 0. The van der Waals surface area contributed by atoms with Crippen LogP contribution in [0.5, 0.6) is 0 Å². The fourth-order valence-corrected chi connectivity index (χ4v) is 3.15. The molecular formula is C12H22N2O2. The molecule has 1 N–H and O–H groups in total. The molecule has 0 aromatic carbocycles. The second kappa shape index (κ2) is 4.72.